The van der Waals surface area contributed by atoms with Gasteiger partial charge in [0.15, 0.2) is 5.76 Å². The number of hydrogen-bond donors (Lipinski definition) is 0. The van der Waals surface area contributed by atoms with Crippen LogP contribution in [-0.2, 0) is 9.53 Å². The molecule has 2 rings (SSSR count). The average Bonchev–Trinajstić information content (AvgIpc) is 3.12. The van der Waals surface area contributed by atoms with Gasteiger partial charge in [0.25, 0.3) is 5.91 Å². The molecule has 0 aromatic carbocycles. The van der Waals surface area contributed by atoms with Gasteiger partial charge in [-0.05, 0) is 31.9 Å². The summed E-state index contributed by atoms with van der Waals surface area (Å²) >= 11 is 0. The third-order valence-electron chi connectivity index (χ3n) is 3.62. The van der Waals surface area contributed by atoms with Crippen LogP contribution < -0.4 is 0 Å². The summed E-state index contributed by atoms with van der Waals surface area (Å²) in [5, 5.41) is 0. The molecule has 0 aliphatic heterocycles. The highest BCUT2D eigenvalue weighted by Crippen LogP contribution is 2.25. The van der Waals surface area contributed by atoms with E-state index in [9.17, 15) is 9.59 Å². The van der Waals surface area contributed by atoms with Crippen LogP contribution in [0.15, 0.2) is 22.8 Å². The molecule has 0 spiro atoms. The van der Waals surface area contributed by atoms with E-state index in [0.717, 1.165) is 25.7 Å². The molecular formula is C15H21NO4. The first kappa shape index (κ1) is 14.6. The Morgan fingerprint density at radius 1 is 1.40 bits per heavy atom. The van der Waals surface area contributed by atoms with Crippen molar-refractivity contribution < 1.29 is 18.7 Å². The van der Waals surface area contributed by atoms with Gasteiger partial charge in [0.1, 0.15) is 0 Å². The minimum atomic E-state index is -0.261. The summed E-state index contributed by atoms with van der Waals surface area (Å²) in [6.07, 6.45) is 5.98. The van der Waals surface area contributed by atoms with E-state index in [1.165, 1.54) is 6.26 Å². The summed E-state index contributed by atoms with van der Waals surface area (Å²) in [4.78, 5) is 25.7. The van der Waals surface area contributed by atoms with Crippen LogP contribution in [0, 0.1) is 0 Å². The molecule has 20 heavy (non-hydrogen) atoms. The number of amides is 1. The Hall–Kier alpha value is -1.78. The Balaban J connectivity index is 2.00. The molecule has 0 N–H and O–H groups in total. The Labute approximate surface area is 118 Å². The zero-order valence-electron chi connectivity index (χ0n) is 11.8. The van der Waals surface area contributed by atoms with Crippen molar-refractivity contribution in [2.75, 3.05) is 13.2 Å². The molecule has 0 unspecified atom stereocenters. The van der Waals surface area contributed by atoms with Crippen molar-refractivity contribution in [1.82, 2.24) is 4.90 Å². The van der Waals surface area contributed by atoms with Crippen molar-refractivity contribution in [3.05, 3.63) is 24.2 Å². The maximum atomic E-state index is 12.4. The second-order valence-electron chi connectivity index (χ2n) is 4.97. The SMILES string of the molecule is CCOC(=O)CCN(C(=O)c1ccco1)C1CCCC1. The van der Waals surface area contributed by atoms with Crippen LogP contribution in [-0.4, -0.2) is 36.0 Å². The van der Waals surface area contributed by atoms with Gasteiger partial charge >= 0.3 is 5.97 Å². The summed E-state index contributed by atoms with van der Waals surface area (Å²) in [6.45, 7) is 2.54. The molecule has 1 aliphatic carbocycles. The van der Waals surface area contributed by atoms with Crippen molar-refractivity contribution in [2.45, 2.75) is 45.1 Å². The summed E-state index contributed by atoms with van der Waals surface area (Å²) in [7, 11) is 0. The molecule has 110 valence electrons. The molecule has 1 aromatic rings. The summed E-state index contributed by atoms with van der Waals surface area (Å²) in [5.74, 6) is -0.0605. The zero-order chi connectivity index (χ0) is 14.4. The number of rotatable bonds is 6. The number of hydrogen-bond acceptors (Lipinski definition) is 4. The molecule has 1 aromatic heterocycles. The number of nitrogens with zero attached hydrogens (tertiary/aromatic N) is 1. The van der Waals surface area contributed by atoms with Gasteiger partial charge in [0.05, 0.1) is 19.3 Å². The second kappa shape index (κ2) is 7.12. The van der Waals surface area contributed by atoms with Crippen molar-refractivity contribution in [3.63, 3.8) is 0 Å². The summed E-state index contributed by atoms with van der Waals surface area (Å²) in [6, 6.07) is 3.57. The van der Waals surface area contributed by atoms with Crippen LogP contribution in [0.4, 0.5) is 0 Å². The lowest BCUT2D eigenvalue weighted by atomic mass is 10.2. The highest BCUT2D eigenvalue weighted by Gasteiger charge is 2.29. The number of carbonyl (C=O) groups excluding carboxylic acids is 2. The van der Waals surface area contributed by atoms with Crippen LogP contribution in [0.3, 0.4) is 0 Å². The zero-order valence-corrected chi connectivity index (χ0v) is 11.8. The lowest BCUT2D eigenvalue weighted by Crippen LogP contribution is -2.40. The monoisotopic (exact) mass is 279 g/mol. The molecule has 1 fully saturated rings. The van der Waals surface area contributed by atoms with E-state index < -0.39 is 0 Å². The van der Waals surface area contributed by atoms with Gasteiger partial charge < -0.3 is 14.1 Å². The van der Waals surface area contributed by atoms with Crippen LogP contribution >= 0.6 is 0 Å². The summed E-state index contributed by atoms with van der Waals surface area (Å²) < 4.78 is 10.1. The largest absolute Gasteiger partial charge is 0.466 e. The lowest BCUT2D eigenvalue weighted by Gasteiger charge is -2.27. The predicted octanol–water partition coefficient (Wildman–Crippen LogP) is 2.62. The minimum Gasteiger partial charge on any atom is -0.466 e. The number of ether oxygens (including phenoxy) is 1. The van der Waals surface area contributed by atoms with Gasteiger partial charge in [-0.15, -0.1) is 0 Å². The van der Waals surface area contributed by atoms with Gasteiger partial charge in [-0.2, -0.15) is 0 Å². The molecule has 0 saturated heterocycles. The average molecular weight is 279 g/mol. The van der Waals surface area contributed by atoms with E-state index in [1.807, 2.05) is 0 Å². The number of esters is 1. The Morgan fingerprint density at radius 2 is 2.15 bits per heavy atom. The van der Waals surface area contributed by atoms with E-state index in [-0.39, 0.29) is 24.3 Å². The van der Waals surface area contributed by atoms with E-state index >= 15 is 0 Å². The maximum Gasteiger partial charge on any atom is 0.307 e. The van der Waals surface area contributed by atoms with E-state index in [4.69, 9.17) is 9.15 Å². The topological polar surface area (TPSA) is 59.8 Å². The van der Waals surface area contributed by atoms with Crippen molar-refractivity contribution >= 4 is 11.9 Å². The van der Waals surface area contributed by atoms with Crippen LogP contribution in [0.5, 0.6) is 0 Å². The molecular weight excluding hydrogens is 258 g/mol. The molecule has 0 bridgehead atoms. The Kier molecular flexibility index (Phi) is 5.21. The smallest absolute Gasteiger partial charge is 0.307 e. The molecule has 0 atom stereocenters. The van der Waals surface area contributed by atoms with Gasteiger partial charge in [-0.3, -0.25) is 9.59 Å². The summed E-state index contributed by atoms with van der Waals surface area (Å²) in [5.41, 5.74) is 0. The molecule has 1 amide bonds. The van der Waals surface area contributed by atoms with E-state index in [0.29, 0.717) is 18.9 Å². The van der Waals surface area contributed by atoms with Crippen molar-refractivity contribution in [3.8, 4) is 0 Å². The number of furan rings is 1. The van der Waals surface area contributed by atoms with Crippen LogP contribution in [0.25, 0.3) is 0 Å². The van der Waals surface area contributed by atoms with Crippen molar-refractivity contribution in [2.24, 2.45) is 0 Å². The molecule has 0 radical (unpaired) electrons. The highest BCUT2D eigenvalue weighted by atomic mass is 16.5. The first-order chi connectivity index (χ1) is 9.72. The first-order valence-electron chi connectivity index (χ1n) is 7.22. The maximum absolute atomic E-state index is 12.4. The Bertz CT molecular complexity index is 435. The quantitative estimate of drug-likeness (QED) is 0.751. The van der Waals surface area contributed by atoms with Crippen LogP contribution in [0.2, 0.25) is 0 Å². The van der Waals surface area contributed by atoms with Crippen LogP contribution in [0.1, 0.15) is 49.6 Å². The first-order valence-corrected chi connectivity index (χ1v) is 7.22. The minimum absolute atomic E-state index is 0.133. The van der Waals surface area contributed by atoms with Gasteiger partial charge in [-0.25, -0.2) is 0 Å². The fourth-order valence-electron chi connectivity index (χ4n) is 2.65. The second-order valence-corrected chi connectivity index (χ2v) is 4.97. The lowest BCUT2D eigenvalue weighted by molar-refractivity contribution is -0.143. The third kappa shape index (κ3) is 3.62. The highest BCUT2D eigenvalue weighted by molar-refractivity contribution is 5.92. The standard InChI is InChI=1S/C15H21NO4/c1-2-19-14(17)9-10-16(12-6-3-4-7-12)15(18)13-8-5-11-20-13/h5,8,11-12H,2-4,6-7,9-10H2,1H3. The van der Waals surface area contributed by atoms with Gasteiger partial charge in [0, 0.05) is 12.6 Å². The third-order valence-corrected chi connectivity index (χ3v) is 3.62. The van der Waals surface area contributed by atoms with E-state index in [2.05, 4.69) is 0 Å². The fraction of sp³-hybridized carbons (Fsp3) is 0.600. The van der Waals surface area contributed by atoms with E-state index in [1.54, 1.807) is 24.0 Å². The molecule has 1 heterocycles. The molecule has 5 nitrogen and oxygen atoms in total. The molecule has 1 aliphatic rings. The van der Waals surface area contributed by atoms with Gasteiger partial charge in [0.2, 0.25) is 0 Å². The Morgan fingerprint density at radius 3 is 2.75 bits per heavy atom. The normalized spacial score (nSPS) is 15.2. The molecule has 1 saturated carbocycles. The fourth-order valence-corrected chi connectivity index (χ4v) is 2.65. The predicted molar refractivity (Wildman–Crippen MR) is 73.3 cm³/mol. The van der Waals surface area contributed by atoms with Crippen molar-refractivity contribution in [1.29, 1.82) is 0 Å². The molecule has 5 heteroatoms. The van der Waals surface area contributed by atoms with Gasteiger partial charge in [-0.1, -0.05) is 12.8 Å². The number of carbonyl (C=O) groups is 2.